The molecule has 0 aliphatic carbocycles. The normalized spacial score (nSPS) is 13.4. The van der Waals surface area contributed by atoms with Crippen LogP contribution in [-0.4, -0.2) is 16.5 Å². The standard InChI is InChI=1S/C20H18F2N4/c1-13-11-19(24-15-8-9-16(21)17(22)12-15)25-20(23-13)26-10-4-6-14-5-2-3-7-18(14)26/h2-3,5,7-9,11-12H,4,6,10H2,1H3,(H,23,24,25). The Labute approximate surface area is 150 Å². The van der Waals surface area contributed by atoms with Gasteiger partial charge in [-0.05, 0) is 43.5 Å². The highest BCUT2D eigenvalue weighted by Gasteiger charge is 2.20. The molecule has 2 heterocycles. The van der Waals surface area contributed by atoms with E-state index in [1.54, 1.807) is 6.07 Å². The largest absolute Gasteiger partial charge is 0.340 e. The second-order valence-corrected chi connectivity index (χ2v) is 6.33. The van der Waals surface area contributed by atoms with Crippen LogP contribution < -0.4 is 10.2 Å². The van der Waals surface area contributed by atoms with Crippen molar-refractivity contribution in [2.24, 2.45) is 0 Å². The first kappa shape index (κ1) is 16.4. The number of aryl methyl sites for hydroxylation is 2. The zero-order valence-corrected chi connectivity index (χ0v) is 14.3. The molecule has 2 aromatic carbocycles. The summed E-state index contributed by atoms with van der Waals surface area (Å²) in [5, 5.41) is 3.03. The molecule has 0 saturated heterocycles. The molecule has 1 aliphatic rings. The third-order valence-electron chi connectivity index (χ3n) is 4.39. The predicted molar refractivity (Wildman–Crippen MR) is 98.2 cm³/mol. The molecular formula is C20H18F2N4. The smallest absolute Gasteiger partial charge is 0.232 e. The molecule has 3 aromatic rings. The third-order valence-corrected chi connectivity index (χ3v) is 4.39. The molecule has 6 heteroatoms. The molecule has 0 amide bonds. The molecule has 4 nitrogen and oxygen atoms in total. The average molecular weight is 352 g/mol. The maximum absolute atomic E-state index is 13.4. The fourth-order valence-electron chi connectivity index (χ4n) is 3.20. The van der Waals surface area contributed by atoms with Gasteiger partial charge in [-0.1, -0.05) is 18.2 Å². The van der Waals surface area contributed by atoms with Gasteiger partial charge in [-0.15, -0.1) is 0 Å². The number of fused-ring (bicyclic) bond motifs is 1. The Bertz CT molecular complexity index is 958. The summed E-state index contributed by atoms with van der Waals surface area (Å²) in [5.41, 5.74) is 3.62. The summed E-state index contributed by atoms with van der Waals surface area (Å²) in [7, 11) is 0. The van der Waals surface area contributed by atoms with Crippen LogP contribution in [0.5, 0.6) is 0 Å². The maximum atomic E-state index is 13.4. The van der Waals surface area contributed by atoms with E-state index >= 15 is 0 Å². The van der Waals surface area contributed by atoms with Crippen molar-refractivity contribution in [1.82, 2.24) is 9.97 Å². The van der Waals surface area contributed by atoms with E-state index in [1.165, 1.54) is 11.6 Å². The van der Waals surface area contributed by atoms with E-state index in [4.69, 9.17) is 0 Å². The summed E-state index contributed by atoms with van der Waals surface area (Å²) in [4.78, 5) is 11.3. The van der Waals surface area contributed by atoms with Crippen LogP contribution in [0.25, 0.3) is 0 Å². The minimum absolute atomic E-state index is 0.437. The number of anilines is 4. The molecule has 0 radical (unpaired) electrons. The summed E-state index contributed by atoms with van der Waals surface area (Å²) < 4.78 is 26.6. The molecular weight excluding hydrogens is 334 g/mol. The van der Waals surface area contributed by atoms with Crippen molar-refractivity contribution in [3.63, 3.8) is 0 Å². The molecule has 1 aliphatic heterocycles. The fraction of sp³-hybridized carbons (Fsp3) is 0.200. The van der Waals surface area contributed by atoms with Crippen LogP contribution in [0.15, 0.2) is 48.5 Å². The first-order valence-corrected chi connectivity index (χ1v) is 8.53. The lowest BCUT2D eigenvalue weighted by Crippen LogP contribution is -2.26. The van der Waals surface area contributed by atoms with E-state index in [0.717, 1.165) is 42.9 Å². The van der Waals surface area contributed by atoms with Gasteiger partial charge in [-0.2, -0.15) is 4.98 Å². The lowest BCUT2D eigenvalue weighted by atomic mass is 10.0. The van der Waals surface area contributed by atoms with Gasteiger partial charge in [0, 0.05) is 35.7 Å². The van der Waals surface area contributed by atoms with Crippen molar-refractivity contribution in [2.75, 3.05) is 16.8 Å². The number of hydrogen-bond acceptors (Lipinski definition) is 4. The Balaban J connectivity index is 1.68. The Kier molecular flexibility index (Phi) is 4.24. The minimum atomic E-state index is -0.897. The highest BCUT2D eigenvalue weighted by atomic mass is 19.2. The van der Waals surface area contributed by atoms with Gasteiger partial charge in [0.15, 0.2) is 11.6 Å². The van der Waals surface area contributed by atoms with E-state index in [2.05, 4.69) is 32.3 Å². The van der Waals surface area contributed by atoms with Crippen LogP contribution in [0.4, 0.5) is 31.9 Å². The summed E-state index contributed by atoms with van der Waals surface area (Å²) in [6.45, 7) is 2.72. The fourth-order valence-corrected chi connectivity index (χ4v) is 3.20. The second-order valence-electron chi connectivity index (χ2n) is 6.33. The molecule has 0 fully saturated rings. The average Bonchev–Trinajstić information content (AvgIpc) is 2.64. The van der Waals surface area contributed by atoms with E-state index < -0.39 is 11.6 Å². The van der Waals surface area contributed by atoms with Gasteiger partial charge in [0.1, 0.15) is 5.82 Å². The van der Waals surface area contributed by atoms with E-state index in [0.29, 0.717) is 17.5 Å². The quantitative estimate of drug-likeness (QED) is 0.729. The molecule has 0 saturated carbocycles. The van der Waals surface area contributed by atoms with E-state index in [-0.39, 0.29) is 0 Å². The summed E-state index contributed by atoms with van der Waals surface area (Å²) in [5.74, 6) is -0.630. The Morgan fingerprint density at radius 1 is 1.00 bits per heavy atom. The Hall–Kier alpha value is -3.02. The lowest BCUT2D eigenvalue weighted by molar-refractivity contribution is 0.509. The first-order chi connectivity index (χ1) is 12.6. The van der Waals surface area contributed by atoms with E-state index in [9.17, 15) is 8.78 Å². The molecule has 132 valence electrons. The van der Waals surface area contributed by atoms with Crippen LogP contribution in [0.2, 0.25) is 0 Å². The van der Waals surface area contributed by atoms with Crippen molar-refractivity contribution in [3.8, 4) is 0 Å². The van der Waals surface area contributed by atoms with Crippen LogP contribution in [0.1, 0.15) is 17.7 Å². The Morgan fingerprint density at radius 3 is 2.69 bits per heavy atom. The molecule has 26 heavy (non-hydrogen) atoms. The molecule has 4 rings (SSSR count). The zero-order valence-electron chi connectivity index (χ0n) is 14.3. The number of nitrogens with one attached hydrogen (secondary N) is 1. The highest BCUT2D eigenvalue weighted by molar-refractivity contribution is 5.65. The van der Waals surface area contributed by atoms with Gasteiger partial charge in [0.25, 0.3) is 0 Å². The number of nitrogens with zero attached hydrogens (tertiary/aromatic N) is 3. The number of rotatable bonds is 3. The molecule has 1 aromatic heterocycles. The van der Waals surface area contributed by atoms with Crippen molar-refractivity contribution in [3.05, 3.63) is 71.4 Å². The zero-order chi connectivity index (χ0) is 18.1. The van der Waals surface area contributed by atoms with Gasteiger partial charge in [0.2, 0.25) is 5.95 Å². The first-order valence-electron chi connectivity index (χ1n) is 8.53. The van der Waals surface area contributed by atoms with Crippen molar-refractivity contribution >= 4 is 23.1 Å². The minimum Gasteiger partial charge on any atom is -0.340 e. The van der Waals surface area contributed by atoms with Crippen molar-refractivity contribution in [1.29, 1.82) is 0 Å². The topological polar surface area (TPSA) is 41.1 Å². The van der Waals surface area contributed by atoms with Gasteiger partial charge in [-0.3, -0.25) is 0 Å². The van der Waals surface area contributed by atoms with Gasteiger partial charge in [-0.25, -0.2) is 13.8 Å². The van der Waals surface area contributed by atoms with Crippen LogP contribution in [0.3, 0.4) is 0 Å². The molecule has 0 spiro atoms. The summed E-state index contributed by atoms with van der Waals surface area (Å²) in [6, 6.07) is 13.7. The van der Waals surface area contributed by atoms with Gasteiger partial charge in [0.05, 0.1) is 0 Å². The SMILES string of the molecule is Cc1cc(Nc2ccc(F)c(F)c2)nc(N2CCCc3ccccc32)n1. The second kappa shape index (κ2) is 6.71. The van der Waals surface area contributed by atoms with Gasteiger partial charge < -0.3 is 10.2 Å². The van der Waals surface area contributed by atoms with Crippen molar-refractivity contribution in [2.45, 2.75) is 19.8 Å². The molecule has 0 unspecified atom stereocenters. The number of benzene rings is 2. The highest BCUT2D eigenvalue weighted by Crippen LogP contribution is 2.32. The predicted octanol–water partition coefficient (Wildman–Crippen LogP) is 4.89. The number of hydrogen-bond donors (Lipinski definition) is 1. The van der Waals surface area contributed by atoms with E-state index in [1.807, 2.05) is 19.1 Å². The van der Waals surface area contributed by atoms with Gasteiger partial charge >= 0.3 is 0 Å². The summed E-state index contributed by atoms with van der Waals surface area (Å²) in [6.07, 6.45) is 2.07. The van der Waals surface area contributed by atoms with Crippen LogP contribution >= 0.6 is 0 Å². The monoisotopic (exact) mass is 352 g/mol. The summed E-state index contributed by atoms with van der Waals surface area (Å²) >= 11 is 0. The maximum Gasteiger partial charge on any atom is 0.232 e. The third kappa shape index (κ3) is 3.22. The van der Waals surface area contributed by atoms with Crippen LogP contribution in [-0.2, 0) is 6.42 Å². The number of para-hydroxylation sites is 1. The molecule has 0 bridgehead atoms. The molecule has 1 N–H and O–H groups in total. The van der Waals surface area contributed by atoms with Crippen LogP contribution in [0, 0.1) is 18.6 Å². The molecule has 0 atom stereocenters. The lowest BCUT2D eigenvalue weighted by Gasteiger charge is -2.29. The number of halogens is 2. The van der Waals surface area contributed by atoms with Crippen molar-refractivity contribution < 1.29 is 8.78 Å². The number of aromatic nitrogens is 2. The Morgan fingerprint density at radius 2 is 1.85 bits per heavy atom.